The van der Waals surface area contributed by atoms with Crippen LogP contribution in [0.5, 0.6) is 0 Å². The van der Waals surface area contributed by atoms with Crippen LogP contribution < -0.4 is 11.1 Å². The van der Waals surface area contributed by atoms with E-state index in [1.807, 2.05) is 35.0 Å². The van der Waals surface area contributed by atoms with E-state index in [1.54, 1.807) is 6.20 Å². The van der Waals surface area contributed by atoms with E-state index in [2.05, 4.69) is 29.2 Å². The summed E-state index contributed by atoms with van der Waals surface area (Å²) in [5, 5.41) is 8.65. The first-order valence-electron chi connectivity index (χ1n) is 7.45. The molecule has 3 rings (SSSR count). The van der Waals surface area contributed by atoms with Crippen LogP contribution in [0, 0.1) is 0 Å². The lowest BCUT2D eigenvalue weighted by Gasteiger charge is -2.10. The van der Waals surface area contributed by atoms with Gasteiger partial charge in [0.1, 0.15) is 11.6 Å². The van der Waals surface area contributed by atoms with Crippen molar-refractivity contribution in [1.82, 2.24) is 19.7 Å². The van der Waals surface area contributed by atoms with Gasteiger partial charge in [-0.1, -0.05) is 32.0 Å². The summed E-state index contributed by atoms with van der Waals surface area (Å²) >= 11 is 0. The second kappa shape index (κ2) is 6.11. The monoisotopic (exact) mass is 296 g/mol. The van der Waals surface area contributed by atoms with Crippen molar-refractivity contribution >= 4 is 16.9 Å². The Kier molecular flexibility index (Phi) is 4.02. The number of nitrogens with two attached hydrogens (primary N) is 1. The van der Waals surface area contributed by atoms with E-state index in [1.165, 1.54) is 0 Å². The first-order chi connectivity index (χ1) is 10.7. The second-order valence-corrected chi connectivity index (χ2v) is 5.43. The second-order valence-electron chi connectivity index (χ2n) is 5.43. The molecule has 2 aromatic heterocycles. The molecule has 0 radical (unpaired) electrons. The Labute approximate surface area is 129 Å². The van der Waals surface area contributed by atoms with Crippen molar-refractivity contribution < 1.29 is 0 Å². The van der Waals surface area contributed by atoms with Crippen molar-refractivity contribution in [1.29, 1.82) is 0 Å². The average Bonchev–Trinajstić information content (AvgIpc) is 2.97. The summed E-state index contributed by atoms with van der Waals surface area (Å²) in [7, 11) is 0. The predicted octanol–water partition coefficient (Wildman–Crippen LogP) is 2.31. The molecule has 0 spiro atoms. The minimum Gasteiger partial charge on any atom is -0.368 e. The first kappa shape index (κ1) is 14.5. The average molecular weight is 296 g/mol. The summed E-state index contributed by atoms with van der Waals surface area (Å²) in [6, 6.07) is 9.98. The van der Waals surface area contributed by atoms with Gasteiger partial charge in [0.15, 0.2) is 5.65 Å². The Morgan fingerprint density at radius 1 is 1.18 bits per heavy atom. The van der Waals surface area contributed by atoms with Crippen molar-refractivity contribution in [2.24, 2.45) is 5.73 Å². The maximum absolute atomic E-state index is 5.59. The molecule has 3 aromatic rings. The highest BCUT2D eigenvalue weighted by molar-refractivity contribution is 5.87. The summed E-state index contributed by atoms with van der Waals surface area (Å²) < 4.78 is 1.84. The molecular formula is C16H20N6. The normalized spacial score (nSPS) is 11.3. The molecular weight excluding hydrogens is 276 g/mol. The maximum atomic E-state index is 5.59. The number of aromatic nitrogens is 4. The summed E-state index contributed by atoms with van der Waals surface area (Å²) in [6.07, 6.45) is 1.80. The summed E-state index contributed by atoms with van der Waals surface area (Å²) in [5.41, 5.74) is 7.38. The van der Waals surface area contributed by atoms with Crippen molar-refractivity contribution in [3.63, 3.8) is 0 Å². The van der Waals surface area contributed by atoms with Gasteiger partial charge >= 0.3 is 0 Å². The third-order valence-electron chi connectivity index (χ3n) is 3.40. The van der Waals surface area contributed by atoms with Gasteiger partial charge < -0.3 is 11.1 Å². The van der Waals surface area contributed by atoms with Crippen molar-refractivity contribution in [3.8, 4) is 5.69 Å². The molecule has 6 heteroatoms. The summed E-state index contributed by atoms with van der Waals surface area (Å²) in [6.45, 7) is 5.38. The number of rotatable bonds is 5. The zero-order valence-corrected chi connectivity index (χ0v) is 12.8. The lowest BCUT2D eigenvalue weighted by Crippen LogP contribution is -2.15. The number of hydrogen-bond donors (Lipinski definition) is 2. The highest BCUT2D eigenvalue weighted by atomic mass is 15.3. The van der Waals surface area contributed by atoms with Crippen LogP contribution in [0.2, 0.25) is 0 Å². The molecule has 0 fully saturated rings. The van der Waals surface area contributed by atoms with Crippen LogP contribution in [0.15, 0.2) is 36.5 Å². The Morgan fingerprint density at radius 3 is 2.64 bits per heavy atom. The van der Waals surface area contributed by atoms with Gasteiger partial charge in [-0.3, -0.25) is 0 Å². The molecule has 0 bridgehead atoms. The molecule has 3 N–H and O–H groups in total. The molecule has 0 amide bonds. The van der Waals surface area contributed by atoms with Crippen LogP contribution >= 0.6 is 0 Å². The minimum absolute atomic E-state index is 0.238. The molecule has 0 aliphatic rings. The summed E-state index contributed by atoms with van der Waals surface area (Å²) in [4.78, 5) is 9.31. The smallest absolute Gasteiger partial charge is 0.168 e. The number of fused-ring (bicyclic) bond motifs is 1. The van der Waals surface area contributed by atoms with E-state index in [0.29, 0.717) is 13.1 Å². The molecule has 2 heterocycles. The highest BCUT2D eigenvalue weighted by Crippen LogP contribution is 2.24. The van der Waals surface area contributed by atoms with Gasteiger partial charge in [-0.2, -0.15) is 5.10 Å². The fraction of sp³-hybridized carbons (Fsp3) is 0.312. The largest absolute Gasteiger partial charge is 0.368 e. The van der Waals surface area contributed by atoms with Gasteiger partial charge in [-0.05, 0) is 12.1 Å². The van der Waals surface area contributed by atoms with E-state index < -0.39 is 0 Å². The van der Waals surface area contributed by atoms with E-state index in [4.69, 9.17) is 10.7 Å². The zero-order valence-electron chi connectivity index (χ0n) is 12.8. The number of nitrogens with zero attached hydrogens (tertiary/aromatic N) is 4. The third-order valence-corrected chi connectivity index (χ3v) is 3.40. The first-order valence-corrected chi connectivity index (χ1v) is 7.45. The van der Waals surface area contributed by atoms with E-state index in [9.17, 15) is 0 Å². The number of benzene rings is 1. The molecule has 0 saturated heterocycles. The molecule has 0 atom stereocenters. The zero-order chi connectivity index (χ0) is 15.5. The molecule has 22 heavy (non-hydrogen) atoms. The molecule has 0 aliphatic carbocycles. The molecule has 6 nitrogen and oxygen atoms in total. The van der Waals surface area contributed by atoms with Crippen LogP contribution in [-0.4, -0.2) is 32.8 Å². The molecule has 1 aromatic carbocycles. The van der Waals surface area contributed by atoms with E-state index in [-0.39, 0.29) is 5.92 Å². The topological polar surface area (TPSA) is 81.6 Å². The SMILES string of the molecule is CC(C)c1nc(NCCN)c2cnn(-c3ccccc3)c2n1. The van der Waals surface area contributed by atoms with Crippen LogP contribution in [-0.2, 0) is 0 Å². The van der Waals surface area contributed by atoms with E-state index >= 15 is 0 Å². The fourth-order valence-corrected chi connectivity index (χ4v) is 2.27. The quantitative estimate of drug-likeness (QED) is 0.755. The van der Waals surface area contributed by atoms with Gasteiger partial charge in [0.05, 0.1) is 17.3 Å². The highest BCUT2D eigenvalue weighted by Gasteiger charge is 2.15. The fourth-order valence-electron chi connectivity index (χ4n) is 2.27. The van der Waals surface area contributed by atoms with Crippen LogP contribution in [0.3, 0.4) is 0 Å². The lowest BCUT2D eigenvalue weighted by atomic mass is 10.2. The van der Waals surface area contributed by atoms with Gasteiger partial charge in [0.2, 0.25) is 0 Å². The standard InChI is InChI=1S/C16H20N6/c1-11(2)14-20-15(18-9-8-17)13-10-19-22(16(13)21-14)12-6-4-3-5-7-12/h3-7,10-11H,8-9,17H2,1-2H3,(H,18,20,21). The number of nitrogens with one attached hydrogen (secondary N) is 1. The predicted molar refractivity (Wildman–Crippen MR) is 88.3 cm³/mol. The van der Waals surface area contributed by atoms with E-state index in [0.717, 1.165) is 28.4 Å². The van der Waals surface area contributed by atoms with Crippen LogP contribution in [0.25, 0.3) is 16.7 Å². The third kappa shape index (κ3) is 2.65. The molecule has 114 valence electrons. The number of hydrogen-bond acceptors (Lipinski definition) is 5. The Hall–Kier alpha value is -2.47. The van der Waals surface area contributed by atoms with Crippen molar-refractivity contribution in [2.45, 2.75) is 19.8 Å². The summed E-state index contributed by atoms with van der Waals surface area (Å²) in [5.74, 6) is 1.83. The van der Waals surface area contributed by atoms with Crippen LogP contribution in [0.1, 0.15) is 25.6 Å². The van der Waals surface area contributed by atoms with Crippen molar-refractivity contribution in [2.75, 3.05) is 18.4 Å². The molecule has 0 saturated carbocycles. The molecule has 0 unspecified atom stereocenters. The maximum Gasteiger partial charge on any atom is 0.168 e. The number of para-hydroxylation sites is 1. The Bertz CT molecular complexity index is 763. The van der Waals surface area contributed by atoms with Gasteiger partial charge in [0.25, 0.3) is 0 Å². The lowest BCUT2D eigenvalue weighted by molar-refractivity contribution is 0.774. The number of anilines is 1. The Balaban J connectivity index is 2.18. The van der Waals surface area contributed by atoms with Crippen LogP contribution in [0.4, 0.5) is 5.82 Å². The molecule has 0 aliphatic heterocycles. The Morgan fingerprint density at radius 2 is 1.95 bits per heavy atom. The van der Waals surface area contributed by atoms with Gasteiger partial charge in [0, 0.05) is 19.0 Å². The van der Waals surface area contributed by atoms with Gasteiger partial charge in [-0.15, -0.1) is 0 Å². The minimum atomic E-state index is 0.238. The van der Waals surface area contributed by atoms with Crippen molar-refractivity contribution in [3.05, 3.63) is 42.4 Å². The van der Waals surface area contributed by atoms with Gasteiger partial charge in [-0.25, -0.2) is 14.6 Å².